The Balaban J connectivity index is 1.93. The summed E-state index contributed by atoms with van der Waals surface area (Å²) < 4.78 is 45.4. The van der Waals surface area contributed by atoms with Crippen molar-refractivity contribution in [2.45, 2.75) is 6.18 Å². The van der Waals surface area contributed by atoms with Crippen molar-refractivity contribution in [2.24, 2.45) is 0 Å². The summed E-state index contributed by atoms with van der Waals surface area (Å²) in [5, 5.41) is 0. The zero-order valence-electron chi connectivity index (χ0n) is 15.3. The van der Waals surface area contributed by atoms with Crippen molar-refractivity contribution in [1.29, 1.82) is 0 Å². The third-order valence-corrected chi connectivity index (χ3v) is 4.36. The van der Waals surface area contributed by atoms with E-state index in [4.69, 9.17) is 4.74 Å². The normalized spacial score (nSPS) is 11.4. The predicted octanol–water partition coefficient (Wildman–Crippen LogP) is 4.60. The van der Waals surface area contributed by atoms with Crippen LogP contribution in [0.1, 0.15) is 15.9 Å². The largest absolute Gasteiger partial charge is 0.417 e. The minimum atomic E-state index is -4.65. The van der Waals surface area contributed by atoms with E-state index in [1.807, 2.05) is 0 Å². The highest BCUT2D eigenvalue weighted by Crippen LogP contribution is 2.30. The lowest BCUT2D eigenvalue weighted by Gasteiger charge is -2.13. The molecule has 0 saturated carbocycles. The van der Waals surface area contributed by atoms with Crippen molar-refractivity contribution in [3.8, 4) is 17.0 Å². The molecule has 0 spiro atoms. The van der Waals surface area contributed by atoms with Crippen LogP contribution in [0.2, 0.25) is 0 Å². The van der Waals surface area contributed by atoms with Crippen LogP contribution in [0.4, 0.5) is 13.2 Å². The van der Waals surface area contributed by atoms with Crippen molar-refractivity contribution in [3.05, 3.63) is 100 Å². The molecule has 0 bridgehead atoms. The number of benzene rings is 2. The Morgan fingerprint density at radius 2 is 1.53 bits per heavy atom. The molecule has 0 saturated heterocycles. The highest BCUT2D eigenvalue weighted by molar-refractivity contribution is 5.91. The molecular weight excluding hydrogens is 397 g/mol. The van der Waals surface area contributed by atoms with E-state index in [1.165, 1.54) is 12.1 Å². The molecule has 2 heterocycles. The van der Waals surface area contributed by atoms with Crippen LogP contribution in [0.3, 0.4) is 0 Å². The molecule has 0 fully saturated rings. The molecule has 0 atom stereocenters. The number of carbonyl (C=O) groups is 1. The average Bonchev–Trinajstić information content (AvgIpc) is 2.75. The smallest absolute Gasteiger partial charge is 0.415 e. The van der Waals surface area contributed by atoms with Gasteiger partial charge in [-0.3, -0.25) is 9.20 Å². The predicted molar refractivity (Wildman–Crippen MR) is 103 cm³/mol. The Bertz CT molecular complexity index is 1280. The van der Waals surface area contributed by atoms with E-state index in [1.54, 1.807) is 48.5 Å². The topological polar surface area (TPSA) is 60.7 Å². The maximum absolute atomic E-state index is 13.1. The number of esters is 1. The molecule has 0 radical (unpaired) electrons. The molecular formula is C22H13F3N2O3. The Labute approximate surface area is 168 Å². The molecule has 150 valence electrons. The van der Waals surface area contributed by atoms with Gasteiger partial charge in [-0.2, -0.15) is 13.2 Å². The molecule has 0 unspecified atom stereocenters. The molecule has 4 rings (SSSR count). The number of aromatic nitrogens is 2. The number of ether oxygens (including phenoxy) is 1. The van der Waals surface area contributed by atoms with Gasteiger partial charge >= 0.3 is 17.7 Å². The summed E-state index contributed by atoms with van der Waals surface area (Å²) in [5.41, 5.74) is -1.23. The van der Waals surface area contributed by atoms with Crippen molar-refractivity contribution < 1.29 is 22.7 Å². The summed E-state index contributed by atoms with van der Waals surface area (Å²) in [5.74, 6) is -1.27. The fourth-order valence-electron chi connectivity index (χ4n) is 2.90. The summed E-state index contributed by atoms with van der Waals surface area (Å²) in [6.45, 7) is 0. The first-order valence-electron chi connectivity index (χ1n) is 8.81. The van der Waals surface area contributed by atoms with Crippen LogP contribution in [0.5, 0.6) is 5.75 Å². The van der Waals surface area contributed by atoms with Crippen molar-refractivity contribution in [3.63, 3.8) is 0 Å². The van der Waals surface area contributed by atoms with E-state index in [-0.39, 0.29) is 16.9 Å². The highest BCUT2D eigenvalue weighted by Gasteiger charge is 2.31. The lowest BCUT2D eigenvalue weighted by atomic mass is 10.1. The van der Waals surface area contributed by atoms with E-state index < -0.39 is 29.0 Å². The van der Waals surface area contributed by atoms with Crippen LogP contribution in [0.15, 0.2) is 83.8 Å². The van der Waals surface area contributed by atoms with Gasteiger partial charge in [0.25, 0.3) is 0 Å². The lowest BCUT2D eigenvalue weighted by Crippen LogP contribution is -2.23. The van der Waals surface area contributed by atoms with Crippen LogP contribution in [0, 0.1) is 0 Å². The van der Waals surface area contributed by atoms with E-state index in [2.05, 4.69) is 4.98 Å². The van der Waals surface area contributed by atoms with Gasteiger partial charge < -0.3 is 4.74 Å². The summed E-state index contributed by atoms with van der Waals surface area (Å²) in [6, 6.07) is 18.3. The zero-order chi connectivity index (χ0) is 21.3. The molecule has 30 heavy (non-hydrogen) atoms. The summed E-state index contributed by atoms with van der Waals surface area (Å²) in [4.78, 5) is 29.9. The minimum Gasteiger partial charge on any atom is -0.415 e. The Kier molecular flexibility index (Phi) is 4.83. The fraction of sp³-hybridized carbons (Fsp3) is 0.0455. The molecule has 0 aliphatic heterocycles. The maximum atomic E-state index is 13.1. The van der Waals surface area contributed by atoms with Crippen LogP contribution in [-0.4, -0.2) is 15.4 Å². The standard InChI is InChI=1S/C22H13F3N2O3/c23-22(24,25)16-11-12-17-26-18(14-7-3-1-4-8-14)19(20(28)27(17)13-16)30-21(29)15-9-5-2-6-10-15/h1-13H. The average molecular weight is 410 g/mol. The molecule has 8 heteroatoms. The van der Waals surface area contributed by atoms with Gasteiger partial charge in [0.1, 0.15) is 11.3 Å². The second-order valence-corrected chi connectivity index (χ2v) is 6.36. The van der Waals surface area contributed by atoms with Crippen LogP contribution in [0.25, 0.3) is 16.9 Å². The number of pyridine rings is 1. The highest BCUT2D eigenvalue weighted by atomic mass is 19.4. The number of fused-ring (bicyclic) bond motifs is 1. The molecule has 0 aliphatic carbocycles. The number of hydrogen-bond donors (Lipinski definition) is 0. The summed E-state index contributed by atoms with van der Waals surface area (Å²) in [6.07, 6.45) is -4.01. The molecule has 4 aromatic rings. The molecule has 5 nitrogen and oxygen atoms in total. The van der Waals surface area contributed by atoms with Gasteiger partial charge in [-0.05, 0) is 24.3 Å². The first kappa shape index (κ1) is 19.4. The zero-order valence-corrected chi connectivity index (χ0v) is 15.3. The number of carbonyl (C=O) groups excluding carboxylic acids is 1. The molecule has 0 amide bonds. The van der Waals surface area contributed by atoms with E-state index in [9.17, 15) is 22.8 Å². The Morgan fingerprint density at radius 3 is 2.17 bits per heavy atom. The molecule has 2 aromatic carbocycles. The van der Waals surface area contributed by atoms with E-state index >= 15 is 0 Å². The number of halogens is 3. The molecule has 0 aliphatic rings. The van der Waals surface area contributed by atoms with Gasteiger partial charge in [-0.15, -0.1) is 0 Å². The first-order valence-corrected chi connectivity index (χ1v) is 8.81. The maximum Gasteiger partial charge on any atom is 0.417 e. The summed E-state index contributed by atoms with van der Waals surface area (Å²) in [7, 11) is 0. The monoisotopic (exact) mass is 410 g/mol. The third kappa shape index (κ3) is 3.67. The number of nitrogens with zero attached hydrogens (tertiary/aromatic N) is 2. The van der Waals surface area contributed by atoms with Crippen LogP contribution in [-0.2, 0) is 6.18 Å². The molecule has 0 N–H and O–H groups in total. The lowest BCUT2D eigenvalue weighted by molar-refractivity contribution is -0.137. The van der Waals surface area contributed by atoms with Gasteiger partial charge in [0.2, 0.25) is 5.75 Å². The number of rotatable bonds is 3. The van der Waals surface area contributed by atoms with Gasteiger partial charge in [0, 0.05) is 11.8 Å². The minimum absolute atomic E-state index is 0.00800. The third-order valence-electron chi connectivity index (χ3n) is 4.36. The van der Waals surface area contributed by atoms with Gasteiger partial charge in [0.05, 0.1) is 11.1 Å². The Morgan fingerprint density at radius 1 is 0.900 bits per heavy atom. The quantitative estimate of drug-likeness (QED) is 0.463. The van der Waals surface area contributed by atoms with Gasteiger partial charge in [0.15, 0.2) is 0 Å². The Hall–Kier alpha value is -3.94. The van der Waals surface area contributed by atoms with Crippen LogP contribution >= 0.6 is 0 Å². The van der Waals surface area contributed by atoms with E-state index in [0.29, 0.717) is 11.8 Å². The molecule has 2 aromatic heterocycles. The van der Waals surface area contributed by atoms with E-state index in [0.717, 1.165) is 16.5 Å². The van der Waals surface area contributed by atoms with Gasteiger partial charge in [-0.1, -0.05) is 48.5 Å². The second-order valence-electron chi connectivity index (χ2n) is 6.36. The fourth-order valence-corrected chi connectivity index (χ4v) is 2.90. The van der Waals surface area contributed by atoms with Crippen molar-refractivity contribution in [2.75, 3.05) is 0 Å². The summed E-state index contributed by atoms with van der Waals surface area (Å²) >= 11 is 0. The number of alkyl halides is 3. The second kappa shape index (κ2) is 7.47. The van der Waals surface area contributed by atoms with Crippen molar-refractivity contribution >= 4 is 11.6 Å². The van der Waals surface area contributed by atoms with Crippen molar-refractivity contribution in [1.82, 2.24) is 9.38 Å². The van der Waals surface area contributed by atoms with Crippen LogP contribution < -0.4 is 10.3 Å². The first-order chi connectivity index (χ1) is 14.3. The van der Waals surface area contributed by atoms with Gasteiger partial charge in [-0.25, -0.2) is 9.78 Å². The number of hydrogen-bond acceptors (Lipinski definition) is 4. The SMILES string of the molecule is O=C(Oc1c(-c2ccccc2)nc2ccc(C(F)(F)F)cn2c1=O)c1ccccc1.